The minimum Gasteiger partial charge on any atom is -0.481 e. The summed E-state index contributed by atoms with van der Waals surface area (Å²) in [5.74, 6) is 2.54. The molecule has 2 fully saturated rings. The summed E-state index contributed by atoms with van der Waals surface area (Å²) in [6.45, 7) is 0. The van der Waals surface area contributed by atoms with E-state index in [4.69, 9.17) is 4.74 Å². The lowest BCUT2D eigenvalue weighted by Gasteiger charge is -2.27. The van der Waals surface area contributed by atoms with Gasteiger partial charge in [-0.1, -0.05) is 6.42 Å². The van der Waals surface area contributed by atoms with Crippen LogP contribution in [0.4, 0.5) is 0 Å². The lowest BCUT2D eigenvalue weighted by molar-refractivity contribution is 0.0717. The van der Waals surface area contributed by atoms with Crippen molar-refractivity contribution in [3.8, 4) is 5.88 Å². The summed E-state index contributed by atoms with van der Waals surface area (Å²) in [5.41, 5.74) is 0.854. The topological polar surface area (TPSA) is 42.4 Å². The van der Waals surface area contributed by atoms with E-state index in [9.17, 15) is 5.11 Å². The van der Waals surface area contributed by atoms with Crippen molar-refractivity contribution in [3.05, 3.63) is 23.9 Å². The quantitative estimate of drug-likeness (QED) is 0.872. The molecule has 0 radical (unpaired) electrons. The Morgan fingerprint density at radius 1 is 1.41 bits per heavy atom. The molecule has 4 atom stereocenters. The first-order valence-corrected chi connectivity index (χ1v) is 6.46. The fourth-order valence-corrected chi connectivity index (χ4v) is 3.71. The maximum absolute atomic E-state index is 10.5. The third-order valence-electron chi connectivity index (χ3n) is 4.51. The monoisotopic (exact) mass is 233 g/mol. The Balaban J connectivity index is 1.84. The minimum atomic E-state index is -0.408. The van der Waals surface area contributed by atoms with Gasteiger partial charge in [-0.25, -0.2) is 4.98 Å². The summed E-state index contributed by atoms with van der Waals surface area (Å²) in [4.78, 5) is 4.17. The largest absolute Gasteiger partial charge is 0.481 e. The molecule has 2 aliphatic rings. The van der Waals surface area contributed by atoms with Crippen LogP contribution in [0.15, 0.2) is 18.3 Å². The van der Waals surface area contributed by atoms with Gasteiger partial charge in [-0.3, -0.25) is 0 Å². The third-order valence-corrected chi connectivity index (χ3v) is 4.51. The Bertz CT molecular complexity index is 407. The minimum absolute atomic E-state index is 0.408. The molecule has 2 saturated carbocycles. The van der Waals surface area contributed by atoms with E-state index in [1.807, 2.05) is 12.1 Å². The van der Waals surface area contributed by atoms with Gasteiger partial charge in [0, 0.05) is 11.8 Å². The average Bonchev–Trinajstić information content (AvgIpc) is 3.00. The fourth-order valence-electron chi connectivity index (χ4n) is 3.71. The maximum Gasteiger partial charge on any atom is 0.218 e. The zero-order valence-corrected chi connectivity index (χ0v) is 10.2. The van der Waals surface area contributed by atoms with E-state index in [0.29, 0.717) is 17.7 Å². The Labute approximate surface area is 102 Å². The summed E-state index contributed by atoms with van der Waals surface area (Å²) in [6.07, 6.45) is 6.42. The number of fused-ring (bicyclic) bond motifs is 2. The first-order chi connectivity index (χ1) is 8.29. The number of pyridine rings is 1. The molecular formula is C14H19NO2. The van der Waals surface area contributed by atoms with Crippen LogP contribution in [-0.4, -0.2) is 17.2 Å². The molecule has 4 unspecified atom stereocenters. The third kappa shape index (κ3) is 1.82. The van der Waals surface area contributed by atoms with Crippen molar-refractivity contribution in [2.24, 2.45) is 17.8 Å². The SMILES string of the molecule is COc1ncccc1C(O)C1CC2CCC1C2. The molecule has 2 bridgehead atoms. The molecule has 0 aliphatic heterocycles. The molecule has 1 aromatic heterocycles. The Hall–Kier alpha value is -1.09. The van der Waals surface area contributed by atoms with Crippen molar-refractivity contribution < 1.29 is 9.84 Å². The van der Waals surface area contributed by atoms with Gasteiger partial charge in [-0.05, 0) is 49.1 Å². The first-order valence-electron chi connectivity index (χ1n) is 6.46. The van der Waals surface area contributed by atoms with Gasteiger partial charge < -0.3 is 9.84 Å². The van der Waals surface area contributed by atoms with Crippen LogP contribution in [0.2, 0.25) is 0 Å². The van der Waals surface area contributed by atoms with E-state index in [1.165, 1.54) is 25.7 Å². The van der Waals surface area contributed by atoms with Crippen molar-refractivity contribution in [1.82, 2.24) is 4.98 Å². The fraction of sp³-hybridized carbons (Fsp3) is 0.643. The molecule has 0 saturated heterocycles. The van der Waals surface area contributed by atoms with Crippen LogP contribution in [0.3, 0.4) is 0 Å². The highest BCUT2D eigenvalue weighted by Crippen LogP contribution is 2.53. The molecule has 17 heavy (non-hydrogen) atoms. The molecule has 3 nitrogen and oxygen atoms in total. The molecule has 92 valence electrons. The Morgan fingerprint density at radius 3 is 2.94 bits per heavy atom. The van der Waals surface area contributed by atoms with Gasteiger partial charge in [0.2, 0.25) is 5.88 Å². The second kappa shape index (κ2) is 4.30. The molecule has 0 aromatic carbocycles. The van der Waals surface area contributed by atoms with Gasteiger partial charge in [-0.2, -0.15) is 0 Å². The number of ether oxygens (including phenoxy) is 1. The highest BCUT2D eigenvalue weighted by Gasteiger charge is 2.43. The molecule has 1 N–H and O–H groups in total. The van der Waals surface area contributed by atoms with Crippen molar-refractivity contribution in [1.29, 1.82) is 0 Å². The van der Waals surface area contributed by atoms with E-state index < -0.39 is 6.10 Å². The summed E-state index contributed by atoms with van der Waals surface area (Å²) in [7, 11) is 1.61. The smallest absolute Gasteiger partial charge is 0.218 e. The van der Waals surface area contributed by atoms with Crippen LogP contribution in [0, 0.1) is 17.8 Å². The van der Waals surface area contributed by atoms with Crippen LogP contribution in [-0.2, 0) is 0 Å². The second-order valence-corrected chi connectivity index (χ2v) is 5.39. The number of nitrogens with zero attached hydrogens (tertiary/aromatic N) is 1. The van der Waals surface area contributed by atoms with Crippen molar-refractivity contribution >= 4 is 0 Å². The van der Waals surface area contributed by atoms with E-state index in [1.54, 1.807) is 13.3 Å². The summed E-state index contributed by atoms with van der Waals surface area (Å²) in [6, 6.07) is 3.80. The van der Waals surface area contributed by atoms with E-state index in [2.05, 4.69) is 4.98 Å². The predicted molar refractivity (Wildman–Crippen MR) is 64.7 cm³/mol. The lowest BCUT2D eigenvalue weighted by Crippen LogP contribution is -2.19. The normalized spacial score (nSPS) is 32.7. The zero-order valence-electron chi connectivity index (χ0n) is 10.2. The number of methoxy groups -OCH3 is 1. The van der Waals surface area contributed by atoms with Crippen LogP contribution in [0.25, 0.3) is 0 Å². The number of hydrogen-bond acceptors (Lipinski definition) is 3. The van der Waals surface area contributed by atoms with Gasteiger partial charge in [0.15, 0.2) is 0 Å². The summed E-state index contributed by atoms with van der Waals surface area (Å²) in [5, 5.41) is 10.5. The number of hydrogen-bond donors (Lipinski definition) is 1. The van der Waals surface area contributed by atoms with E-state index in [-0.39, 0.29) is 0 Å². The van der Waals surface area contributed by atoms with E-state index in [0.717, 1.165) is 11.5 Å². The molecule has 0 spiro atoms. The predicted octanol–water partition coefficient (Wildman–Crippen LogP) is 2.56. The number of aliphatic hydroxyl groups excluding tert-OH is 1. The molecule has 3 heteroatoms. The Kier molecular flexibility index (Phi) is 2.79. The van der Waals surface area contributed by atoms with Gasteiger partial charge in [0.1, 0.15) is 0 Å². The molecule has 3 rings (SSSR count). The van der Waals surface area contributed by atoms with Crippen molar-refractivity contribution in [2.75, 3.05) is 7.11 Å². The second-order valence-electron chi connectivity index (χ2n) is 5.39. The first kappa shape index (κ1) is 11.0. The number of aliphatic hydroxyl groups is 1. The van der Waals surface area contributed by atoms with Gasteiger partial charge in [-0.15, -0.1) is 0 Å². The van der Waals surface area contributed by atoms with Gasteiger partial charge in [0.25, 0.3) is 0 Å². The van der Waals surface area contributed by atoms with Gasteiger partial charge in [0.05, 0.1) is 13.2 Å². The number of aromatic nitrogens is 1. The maximum atomic E-state index is 10.5. The number of rotatable bonds is 3. The van der Waals surface area contributed by atoms with Crippen molar-refractivity contribution in [3.63, 3.8) is 0 Å². The van der Waals surface area contributed by atoms with Crippen molar-refractivity contribution in [2.45, 2.75) is 31.8 Å². The van der Waals surface area contributed by atoms with Crippen LogP contribution < -0.4 is 4.74 Å². The van der Waals surface area contributed by atoms with Crippen LogP contribution in [0.5, 0.6) is 5.88 Å². The molecule has 1 heterocycles. The zero-order chi connectivity index (χ0) is 11.8. The molecular weight excluding hydrogens is 214 g/mol. The highest BCUT2D eigenvalue weighted by molar-refractivity contribution is 5.28. The van der Waals surface area contributed by atoms with Crippen LogP contribution in [0.1, 0.15) is 37.4 Å². The van der Waals surface area contributed by atoms with Gasteiger partial charge >= 0.3 is 0 Å². The van der Waals surface area contributed by atoms with Crippen LogP contribution >= 0.6 is 0 Å². The Morgan fingerprint density at radius 2 is 2.29 bits per heavy atom. The average molecular weight is 233 g/mol. The lowest BCUT2D eigenvalue weighted by atomic mass is 9.82. The standard InChI is InChI=1S/C14H19NO2/c1-17-14-11(3-2-6-15-14)13(16)12-8-9-4-5-10(12)7-9/h2-3,6,9-10,12-13,16H,4-5,7-8H2,1H3. The molecule has 1 aromatic rings. The summed E-state index contributed by atoms with van der Waals surface area (Å²) >= 11 is 0. The molecule has 2 aliphatic carbocycles. The summed E-state index contributed by atoms with van der Waals surface area (Å²) < 4.78 is 5.24. The molecule has 0 amide bonds. The highest BCUT2D eigenvalue weighted by atomic mass is 16.5. The van der Waals surface area contributed by atoms with E-state index >= 15 is 0 Å².